The van der Waals surface area contributed by atoms with Crippen molar-refractivity contribution in [3.8, 4) is 0 Å². The van der Waals surface area contributed by atoms with Crippen LogP contribution in [0.15, 0.2) is 78.1 Å². The third-order valence-electron chi connectivity index (χ3n) is 5.50. The number of nitrogens with zero attached hydrogens (tertiary/aromatic N) is 4. The van der Waals surface area contributed by atoms with Crippen molar-refractivity contribution >= 4 is 28.8 Å². The van der Waals surface area contributed by atoms with Crippen LogP contribution in [0.1, 0.15) is 32.9 Å². The average Bonchev–Trinajstić information content (AvgIpc) is 3.45. The van der Waals surface area contributed by atoms with Crippen molar-refractivity contribution in [2.45, 2.75) is 30.9 Å². The number of imidazole rings is 1. The molecule has 0 fully saturated rings. The van der Waals surface area contributed by atoms with Crippen LogP contribution >= 0.6 is 11.8 Å². The van der Waals surface area contributed by atoms with Crippen molar-refractivity contribution in [1.29, 1.82) is 0 Å². The van der Waals surface area contributed by atoms with Gasteiger partial charge in [-0.05, 0) is 60.5 Å². The molecule has 3 aromatic heterocycles. The summed E-state index contributed by atoms with van der Waals surface area (Å²) in [6.07, 6.45) is 1.75. The standard InChI is InChI=1S/C26H23FN6OS/c1-17-13-22(32-31-17)14-29-25(34)20-8-4-18(5-9-20)15-33-24-23(3-2-12-28-24)30-26(33)35-16-19-6-10-21(27)11-7-19/h2-13H,14-16H2,1H3,(H,29,34)(H,31,32). The lowest BCUT2D eigenvalue weighted by atomic mass is 10.1. The number of hydrogen-bond acceptors (Lipinski definition) is 5. The summed E-state index contributed by atoms with van der Waals surface area (Å²) in [5, 5.41) is 10.7. The molecular weight excluding hydrogens is 463 g/mol. The largest absolute Gasteiger partial charge is 0.346 e. The monoisotopic (exact) mass is 486 g/mol. The Labute approximate surface area is 205 Å². The molecule has 0 atom stereocenters. The number of carbonyl (C=O) groups is 1. The number of thioether (sulfide) groups is 1. The Balaban J connectivity index is 1.30. The van der Waals surface area contributed by atoms with Gasteiger partial charge in [-0.1, -0.05) is 36.0 Å². The van der Waals surface area contributed by atoms with Crippen LogP contribution in [0.5, 0.6) is 0 Å². The molecule has 5 rings (SSSR count). The molecule has 0 bridgehead atoms. The van der Waals surface area contributed by atoms with Gasteiger partial charge in [0.15, 0.2) is 10.8 Å². The summed E-state index contributed by atoms with van der Waals surface area (Å²) in [4.78, 5) is 21.8. The first kappa shape index (κ1) is 22.8. The minimum absolute atomic E-state index is 0.150. The predicted octanol–water partition coefficient (Wildman–Crippen LogP) is 4.87. The van der Waals surface area contributed by atoms with E-state index in [1.54, 1.807) is 30.1 Å². The molecule has 7 nitrogen and oxygen atoms in total. The van der Waals surface area contributed by atoms with E-state index >= 15 is 0 Å². The fourth-order valence-corrected chi connectivity index (χ4v) is 4.66. The molecule has 0 aliphatic rings. The zero-order chi connectivity index (χ0) is 24.2. The second-order valence-electron chi connectivity index (χ2n) is 8.16. The highest BCUT2D eigenvalue weighted by Crippen LogP contribution is 2.27. The first-order valence-electron chi connectivity index (χ1n) is 11.1. The van der Waals surface area contributed by atoms with E-state index in [9.17, 15) is 9.18 Å². The van der Waals surface area contributed by atoms with Crippen molar-refractivity contribution in [3.63, 3.8) is 0 Å². The molecule has 176 valence electrons. The summed E-state index contributed by atoms with van der Waals surface area (Å²) in [5.74, 6) is 0.268. The SMILES string of the molecule is Cc1cc(CNC(=O)c2ccc(Cn3c(SCc4ccc(F)cc4)nc4cccnc43)cc2)n[nH]1. The van der Waals surface area contributed by atoms with Crippen LogP contribution in [0.3, 0.4) is 0 Å². The van der Waals surface area contributed by atoms with Gasteiger partial charge in [-0.25, -0.2) is 14.4 Å². The van der Waals surface area contributed by atoms with Crippen molar-refractivity contribution in [3.05, 3.63) is 107 Å². The summed E-state index contributed by atoms with van der Waals surface area (Å²) in [5.41, 5.74) is 5.98. The first-order chi connectivity index (χ1) is 17.0. The van der Waals surface area contributed by atoms with Gasteiger partial charge < -0.3 is 5.32 Å². The highest BCUT2D eigenvalue weighted by Gasteiger charge is 2.14. The van der Waals surface area contributed by atoms with E-state index in [1.807, 2.05) is 49.4 Å². The van der Waals surface area contributed by atoms with Gasteiger partial charge in [0.2, 0.25) is 0 Å². The third-order valence-corrected chi connectivity index (χ3v) is 6.54. The Kier molecular flexibility index (Phi) is 6.58. The molecule has 0 unspecified atom stereocenters. The van der Waals surface area contributed by atoms with E-state index in [1.165, 1.54) is 12.1 Å². The van der Waals surface area contributed by atoms with Crippen molar-refractivity contribution in [2.75, 3.05) is 0 Å². The average molecular weight is 487 g/mol. The van der Waals surface area contributed by atoms with Gasteiger partial charge in [-0.15, -0.1) is 0 Å². The molecule has 35 heavy (non-hydrogen) atoms. The number of aromatic nitrogens is 5. The summed E-state index contributed by atoms with van der Waals surface area (Å²) in [7, 11) is 0. The van der Waals surface area contributed by atoms with Gasteiger partial charge in [0.05, 0.1) is 18.8 Å². The lowest BCUT2D eigenvalue weighted by molar-refractivity contribution is 0.0950. The Morgan fingerprint density at radius 3 is 2.60 bits per heavy atom. The number of nitrogens with one attached hydrogen (secondary N) is 2. The summed E-state index contributed by atoms with van der Waals surface area (Å²) < 4.78 is 15.3. The number of benzene rings is 2. The van der Waals surface area contributed by atoms with Crippen molar-refractivity contribution in [1.82, 2.24) is 30.0 Å². The quantitative estimate of drug-likeness (QED) is 0.306. The van der Waals surface area contributed by atoms with Crippen LogP contribution in [-0.4, -0.2) is 30.6 Å². The van der Waals surface area contributed by atoms with E-state index < -0.39 is 0 Å². The number of hydrogen-bond donors (Lipinski definition) is 2. The Bertz CT molecular complexity index is 1460. The Morgan fingerprint density at radius 2 is 1.86 bits per heavy atom. The molecule has 3 heterocycles. The number of carbonyl (C=O) groups excluding carboxylic acids is 1. The van der Waals surface area contributed by atoms with Crippen LogP contribution < -0.4 is 5.32 Å². The zero-order valence-electron chi connectivity index (χ0n) is 19.0. The number of aryl methyl sites for hydroxylation is 1. The molecule has 1 amide bonds. The molecule has 0 spiro atoms. The number of halogens is 1. The number of fused-ring (bicyclic) bond motifs is 1. The van der Waals surface area contributed by atoms with Gasteiger partial charge in [-0.3, -0.25) is 14.5 Å². The molecule has 0 saturated heterocycles. The van der Waals surface area contributed by atoms with Gasteiger partial charge in [-0.2, -0.15) is 5.10 Å². The fourth-order valence-electron chi connectivity index (χ4n) is 3.70. The molecule has 0 aliphatic carbocycles. The van der Waals surface area contributed by atoms with Crippen LogP contribution in [0.4, 0.5) is 4.39 Å². The number of amides is 1. The minimum Gasteiger partial charge on any atom is -0.346 e. The molecule has 2 N–H and O–H groups in total. The molecule has 5 aromatic rings. The van der Waals surface area contributed by atoms with Gasteiger partial charge in [0.1, 0.15) is 11.3 Å². The normalized spacial score (nSPS) is 11.1. The van der Waals surface area contributed by atoms with Crippen LogP contribution in [0.2, 0.25) is 0 Å². The number of rotatable bonds is 8. The first-order valence-corrected chi connectivity index (χ1v) is 12.1. The van der Waals surface area contributed by atoms with E-state index in [2.05, 4.69) is 25.1 Å². The summed E-state index contributed by atoms with van der Waals surface area (Å²) >= 11 is 1.58. The van der Waals surface area contributed by atoms with E-state index in [0.29, 0.717) is 24.4 Å². The predicted molar refractivity (Wildman–Crippen MR) is 134 cm³/mol. The summed E-state index contributed by atoms with van der Waals surface area (Å²) in [6, 6.07) is 19.7. The van der Waals surface area contributed by atoms with Crippen molar-refractivity contribution in [2.24, 2.45) is 0 Å². The number of aromatic amines is 1. The third kappa shape index (κ3) is 5.41. The molecular formula is C26H23FN6OS. The Morgan fingerprint density at radius 1 is 1.09 bits per heavy atom. The molecule has 0 aliphatic heterocycles. The zero-order valence-corrected chi connectivity index (χ0v) is 19.8. The van der Waals surface area contributed by atoms with Gasteiger partial charge in [0.25, 0.3) is 5.91 Å². The van der Waals surface area contributed by atoms with Gasteiger partial charge in [0, 0.05) is 23.2 Å². The summed E-state index contributed by atoms with van der Waals surface area (Å²) in [6.45, 7) is 2.85. The van der Waals surface area contributed by atoms with Crippen molar-refractivity contribution < 1.29 is 9.18 Å². The maximum absolute atomic E-state index is 13.2. The highest BCUT2D eigenvalue weighted by atomic mass is 32.2. The van der Waals surface area contributed by atoms with E-state index in [4.69, 9.17) is 4.98 Å². The van der Waals surface area contributed by atoms with Crippen LogP contribution in [0, 0.1) is 12.7 Å². The second kappa shape index (κ2) is 10.1. The van der Waals surface area contributed by atoms with Crippen LogP contribution in [-0.2, 0) is 18.8 Å². The van der Waals surface area contributed by atoms with Gasteiger partial charge >= 0.3 is 0 Å². The lowest BCUT2D eigenvalue weighted by Crippen LogP contribution is -2.23. The topological polar surface area (TPSA) is 88.5 Å². The molecule has 0 radical (unpaired) electrons. The Hall–Kier alpha value is -3.98. The van der Waals surface area contributed by atoms with E-state index in [0.717, 1.165) is 38.8 Å². The maximum atomic E-state index is 13.2. The van der Waals surface area contributed by atoms with E-state index in [-0.39, 0.29) is 11.7 Å². The highest BCUT2D eigenvalue weighted by molar-refractivity contribution is 7.98. The molecule has 2 aromatic carbocycles. The number of H-pyrrole nitrogens is 1. The maximum Gasteiger partial charge on any atom is 0.251 e. The lowest BCUT2D eigenvalue weighted by Gasteiger charge is -2.10. The second-order valence-corrected chi connectivity index (χ2v) is 9.11. The van der Waals surface area contributed by atoms with Crippen LogP contribution in [0.25, 0.3) is 11.2 Å². The number of pyridine rings is 1. The molecule has 0 saturated carbocycles. The molecule has 9 heteroatoms. The smallest absolute Gasteiger partial charge is 0.251 e. The fraction of sp³-hybridized carbons (Fsp3) is 0.154. The minimum atomic E-state index is -0.247.